The lowest BCUT2D eigenvalue weighted by Crippen LogP contribution is -2.24. The minimum atomic E-state index is -0.462. The van der Waals surface area contributed by atoms with E-state index in [0.29, 0.717) is 13.2 Å². The van der Waals surface area contributed by atoms with E-state index in [0.717, 1.165) is 9.26 Å². The molecule has 3 nitrogen and oxygen atoms in total. The highest BCUT2D eigenvalue weighted by atomic mass is 127. The molecule has 0 spiro atoms. The van der Waals surface area contributed by atoms with Crippen molar-refractivity contribution in [1.82, 2.24) is 0 Å². The average molecular weight is 307 g/mol. The third-order valence-electron chi connectivity index (χ3n) is 1.76. The summed E-state index contributed by atoms with van der Waals surface area (Å²) in [6, 6.07) is 7.96. The molecule has 0 aliphatic carbocycles. The number of rotatable bonds is 5. The van der Waals surface area contributed by atoms with Gasteiger partial charge in [0, 0.05) is 22.9 Å². The van der Waals surface area contributed by atoms with E-state index in [1.165, 1.54) is 0 Å². The summed E-state index contributed by atoms with van der Waals surface area (Å²) in [6.07, 6.45) is -0.462. The summed E-state index contributed by atoms with van der Waals surface area (Å²) in [6.45, 7) is 0.865. The Hall–Kier alpha value is -0.330. The molecule has 0 aliphatic heterocycles. The van der Waals surface area contributed by atoms with Gasteiger partial charge >= 0.3 is 0 Å². The summed E-state index contributed by atoms with van der Waals surface area (Å²) >= 11 is 2.25. The van der Waals surface area contributed by atoms with Crippen molar-refractivity contribution in [2.45, 2.75) is 6.10 Å². The van der Waals surface area contributed by atoms with Crippen molar-refractivity contribution in [3.8, 4) is 0 Å². The molecule has 1 atom stereocenters. The third-order valence-corrected chi connectivity index (χ3v) is 2.70. The van der Waals surface area contributed by atoms with Crippen LogP contribution in [0.25, 0.3) is 0 Å². The maximum atomic E-state index is 9.41. The second kappa shape index (κ2) is 6.21. The van der Waals surface area contributed by atoms with Crippen molar-refractivity contribution in [3.05, 3.63) is 27.8 Å². The van der Waals surface area contributed by atoms with Crippen molar-refractivity contribution in [1.29, 1.82) is 0 Å². The lowest BCUT2D eigenvalue weighted by atomic mass is 10.3. The van der Waals surface area contributed by atoms with Crippen LogP contribution in [0.2, 0.25) is 0 Å². The van der Waals surface area contributed by atoms with Crippen LogP contribution < -0.4 is 5.32 Å². The number of hydrogen-bond acceptors (Lipinski definition) is 3. The van der Waals surface area contributed by atoms with Crippen LogP contribution in [0.1, 0.15) is 0 Å². The molecule has 78 valence electrons. The minimum Gasteiger partial charge on any atom is -0.389 e. The molecule has 0 radical (unpaired) electrons. The predicted molar refractivity (Wildman–Crippen MR) is 65.5 cm³/mol. The van der Waals surface area contributed by atoms with Gasteiger partial charge in [-0.05, 0) is 34.7 Å². The Balaban J connectivity index is 2.41. The first-order valence-corrected chi connectivity index (χ1v) is 5.47. The number of aliphatic hydroxyl groups excluding tert-OH is 1. The molecule has 0 heterocycles. The van der Waals surface area contributed by atoms with Gasteiger partial charge in [0.25, 0.3) is 0 Å². The molecule has 14 heavy (non-hydrogen) atoms. The molecule has 0 bridgehead atoms. The molecule has 0 fully saturated rings. The predicted octanol–water partition coefficient (Wildman–Crippen LogP) is 1.71. The maximum Gasteiger partial charge on any atom is 0.0945 e. The highest BCUT2D eigenvalue weighted by Gasteiger charge is 2.03. The van der Waals surface area contributed by atoms with E-state index in [1.807, 2.05) is 24.3 Å². The summed E-state index contributed by atoms with van der Waals surface area (Å²) in [5.74, 6) is 0. The number of nitrogens with one attached hydrogen (secondary N) is 1. The van der Waals surface area contributed by atoms with Gasteiger partial charge in [-0.25, -0.2) is 0 Å². The summed E-state index contributed by atoms with van der Waals surface area (Å²) in [5, 5.41) is 12.6. The van der Waals surface area contributed by atoms with Crippen molar-refractivity contribution in [3.63, 3.8) is 0 Å². The van der Waals surface area contributed by atoms with Gasteiger partial charge in [0.2, 0.25) is 0 Å². The number of methoxy groups -OCH3 is 1. The van der Waals surface area contributed by atoms with Crippen LogP contribution in [0.3, 0.4) is 0 Å². The fraction of sp³-hybridized carbons (Fsp3) is 0.400. The number of para-hydroxylation sites is 1. The van der Waals surface area contributed by atoms with Gasteiger partial charge < -0.3 is 15.2 Å². The number of benzene rings is 1. The minimum absolute atomic E-state index is 0.358. The number of hydrogen-bond donors (Lipinski definition) is 2. The smallest absolute Gasteiger partial charge is 0.0945 e. The zero-order valence-electron chi connectivity index (χ0n) is 8.03. The summed E-state index contributed by atoms with van der Waals surface area (Å²) in [7, 11) is 1.58. The Labute approximate surface area is 97.6 Å². The maximum absolute atomic E-state index is 9.41. The Morgan fingerprint density at radius 1 is 1.50 bits per heavy atom. The van der Waals surface area contributed by atoms with Gasteiger partial charge in [0.1, 0.15) is 0 Å². The van der Waals surface area contributed by atoms with E-state index in [2.05, 4.69) is 27.9 Å². The molecule has 0 saturated carbocycles. The molecule has 0 saturated heterocycles. The van der Waals surface area contributed by atoms with E-state index in [1.54, 1.807) is 7.11 Å². The summed E-state index contributed by atoms with van der Waals surface area (Å²) in [4.78, 5) is 0. The molecule has 4 heteroatoms. The molecule has 1 unspecified atom stereocenters. The molecule has 1 aromatic rings. The number of anilines is 1. The van der Waals surface area contributed by atoms with Gasteiger partial charge in [-0.2, -0.15) is 0 Å². The van der Waals surface area contributed by atoms with Gasteiger partial charge in [0.15, 0.2) is 0 Å². The van der Waals surface area contributed by atoms with Crippen LogP contribution in [0.4, 0.5) is 5.69 Å². The van der Waals surface area contributed by atoms with Crippen LogP contribution in [0.15, 0.2) is 24.3 Å². The van der Waals surface area contributed by atoms with E-state index < -0.39 is 6.10 Å². The van der Waals surface area contributed by atoms with Gasteiger partial charge in [0.05, 0.1) is 12.7 Å². The quantitative estimate of drug-likeness (QED) is 0.814. The van der Waals surface area contributed by atoms with Crippen LogP contribution in [0, 0.1) is 3.57 Å². The Bertz CT molecular complexity index is 281. The van der Waals surface area contributed by atoms with E-state index in [4.69, 9.17) is 4.74 Å². The van der Waals surface area contributed by atoms with Crippen LogP contribution in [-0.4, -0.2) is 31.5 Å². The topological polar surface area (TPSA) is 41.5 Å². The fourth-order valence-corrected chi connectivity index (χ4v) is 1.66. The largest absolute Gasteiger partial charge is 0.389 e. The molecule has 1 rings (SSSR count). The van der Waals surface area contributed by atoms with Crippen LogP contribution in [0.5, 0.6) is 0 Å². The van der Waals surface area contributed by atoms with E-state index in [9.17, 15) is 5.11 Å². The molecule has 2 N–H and O–H groups in total. The normalized spacial score (nSPS) is 12.5. The molecular weight excluding hydrogens is 293 g/mol. The van der Waals surface area contributed by atoms with Gasteiger partial charge in [-0.3, -0.25) is 0 Å². The zero-order chi connectivity index (χ0) is 10.4. The molecule has 0 aliphatic rings. The molecule has 1 aromatic carbocycles. The Morgan fingerprint density at radius 2 is 2.21 bits per heavy atom. The monoisotopic (exact) mass is 307 g/mol. The lowest BCUT2D eigenvalue weighted by Gasteiger charge is -2.12. The lowest BCUT2D eigenvalue weighted by molar-refractivity contribution is 0.0727. The third kappa shape index (κ3) is 3.81. The van der Waals surface area contributed by atoms with Crippen molar-refractivity contribution >= 4 is 28.3 Å². The van der Waals surface area contributed by atoms with Gasteiger partial charge in [-0.1, -0.05) is 12.1 Å². The molecule has 0 amide bonds. The second-order valence-electron chi connectivity index (χ2n) is 2.97. The van der Waals surface area contributed by atoms with Crippen LogP contribution >= 0.6 is 22.6 Å². The van der Waals surface area contributed by atoms with Crippen molar-refractivity contribution < 1.29 is 9.84 Å². The highest BCUT2D eigenvalue weighted by Crippen LogP contribution is 2.16. The summed E-state index contributed by atoms with van der Waals surface area (Å²) in [5.41, 5.74) is 1.04. The number of aliphatic hydroxyl groups is 1. The second-order valence-corrected chi connectivity index (χ2v) is 4.13. The van der Waals surface area contributed by atoms with Gasteiger partial charge in [-0.15, -0.1) is 0 Å². The molecule has 0 aromatic heterocycles. The fourth-order valence-electron chi connectivity index (χ4n) is 1.08. The SMILES string of the molecule is COCC(O)CNc1ccccc1I. The molecular formula is C10H14INO2. The van der Waals surface area contributed by atoms with Crippen molar-refractivity contribution in [2.75, 3.05) is 25.6 Å². The first-order valence-electron chi connectivity index (χ1n) is 4.39. The van der Waals surface area contributed by atoms with Crippen molar-refractivity contribution in [2.24, 2.45) is 0 Å². The standard InChI is InChI=1S/C10H14INO2/c1-14-7-8(13)6-12-10-5-3-2-4-9(10)11/h2-5,8,12-13H,6-7H2,1H3. The number of halogens is 1. The summed E-state index contributed by atoms with van der Waals surface area (Å²) < 4.78 is 5.98. The van der Waals surface area contributed by atoms with E-state index in [-0.39, 0.29) is 0 Å². The van der Waals surface area contributed by atoms with Crippen LogP contribution in [-0.2, 0) is 4.74 Å². The van der Waals surface area contributed by atoms with E-state index >= 15 is 0 Å². The Morgan fingerprint density at radius 3 is 2.86 bits per heavy atom. The first-order chi connectivity index (χ1) is 6.74. The number of ether oxygens (including phenoxy) is 1. The first kappa shape index (κ1) is 11.7. The zero-order valence-corrected chi connectivity index (χ0v) is 10.2. The average Bonchev–Trinajstić information content (AvgIpc) is 2.17. The highest BCUT2D eigenvalue weighted by molar-refractivity contribution is 14.1. The Kier molecular flexibility index (Phi) is 5.21.